The topological polar surface area (TPSA) is 78.9 Å². The SMILES string of the molecule is CCn1nc(C(=O)c2ccc(O)cc2)c2cc(C#N)ccc21. The summed E-state index contributed by atoms with van der Waals surface area (Å²) in [5.41, 5.74) is 2.08. The maximum Gasteiger partial charge on any atom is 0.213 e. The highest BCUT2D eigenvalue weighted by Crippen LogP contribution is 2.23. The third-order valence-electron chi connectivity index (χ3n) is 3.52. The van der Waals surface area contributed by atoms with E-state index in [9.17, 15) is 9.90 Å². The average Bonchev–Trinajstić information content (AvgIpc) is 2.92. The summed E-state index contributed by atoms with van der Waals surface area (Å²) in [5, 5.41) is 23.4. The van der Waals surface area contributed by atoms with Crippen molar-refractivity contribution in [2.45, 2.75) is 13.5 Å². The van der Waals surface area contributed by atoms with Crippen LogP contribution in [-0.4, -0.2) is 20.7 Å². The number of hydrogen-bond donors (Lipinski definition) is 1. The zero-order valence-electron chi connectivity index (χ0n) is 11.9. The Kier molecular flexibility index (Phi) is 3.36. The molecule has 0 saturated carbocycles. The van der Waals surface area contributed by atoms with E-state index in [-0.39, 0.29) is 11.5 Å². The van der Waals surface area contributed by atoms with Gasteiger partial charge in [-0.2, -0.15) is 10.4 Å². The van der Waals surface area contributed by atoms with Gasteiger partial charge in [0.1, 0.15) is 11.4 Å². The number of nitriles is 1. The van der Waals surface area contributed by atoms with Gasteiger partial charge < -0.3 is 5.11 Å². The van der Waals surface area contributed by atoms with Crippen LogP contribution in [0, 0.1) is 11.3 Å². The molecule has 3 rings (SSSR count). The number of hydrogen-bond acceptors (Lipinski definition) is 4. The van der Waals surface area contributed by atoms with Crippen molar-refractivity contribution in [2.75, 3.05) is 0 Å². The van der Waals surface area contributed by atoms with Crippen LogP contribution in [0.1, 0.15) is 28.5 Å². The number of nitrogens with zero attached hydrogens (tertiary/aromatic N) is 3. The molecule has 5 heteroatoms. The van der Waals surface area contributed by atoms with E-state index in [4.69, 9.17) is 5.26 Å². The number of phenolic OH excluding ortho intramolecular Hbond substituents is 1. The highest BCUT2D eigenvalue weighted by molar-refractivity contribution is 6.15. The molecule has 0 spiro atoms. The van der Waals surface area contributed by atoms with Gasteiger partial charge >= 0.3 is 0 Å². The maximum atomic E-state index is 12.7. The number of fused-ring (bicyclic) bond motifs is 1. The van der Waals surface area contributed by atoms with Crippen LogP contribution in [0.25, 0.3) is 10.9 Å². The molecule has 0 saturated heterocycles. The monoisotopic (exact) mass is 291 g/mol. The summed E-state index contributed by atoms with van der Waals surface area (Å²) < 4.78 is 1.74. The number of benzene rings is 2. The molecule has 0 amide bonds. The molecule has 1 heterocycles. The molecule has 108 valence electrons. The van der Waals surface area contributed by atoms with Crippen molar-refractivity contribution in [1.82, 2.24) is 9.78 Å². The fourth-order valence-electron chi connectivity index (χ4n) is 2.41. The summed E-state index contributed by atoms with van der Waals surface area (Å²) >= 11 is 0. The largest absolute Gasteiger partial charge is 0.508 e. The van der Waals surface area contributed by atoms with Gasteiger partial charge in [0.05, 0.1) is 17.1 Å². The van der Waals surface area contributed by atoms with E-state index in [0.29, 0.717) is 28.8 Å². The van der Waals surface area contributed by atoms with Crippen LogP contribution in [0.4, 0.5) is 0 Å². The Bertz CT molecular complexity index is 902. The van der Waals surface area contributed by atoms with Crippen molar-refractivity contribution < 1.29 is 9.90 Å². The van der Waals surface area contributed by atoms with Gasteiger partial charge in [0.15, 0.2) is 0 Å². The second kappa shape index (κ2) is 5.34. The lowest BCUT2D eigenvalue weighted by atomic mass is 10.0. The van der Waals surface area contributed by atoms with Gasteiger partial charge in [-0.1, -0.05) is 0 Å². The second-order valence-electron chi connectivity index (χ2n) is 4.88. The maximum absolute atomic E-state index is 12.7. The van der Waals surface area contributed by atoms with Gasteiger partial charge in [-0.25, -0.2) is 0 Å². The summed E-state index contributed by atoms with van der Waals surface area (Å²) in [7, 11) is 0. The van der Waals surface area contributed by atoms with Crippen molar-refractivity contribution in [3.8, 4) is 11.8 Å². The normalized spacial score (nSPS) is 10.5. The van der Waals surface area contributed by atoms with E-state index in [1.807, 2.05) is 6.92 Å². The van der Waals surface area contributed by atoms with E-state index in [1.54, 1.807) is 35.0 Å². The first kappa shape index (κ1) is 13.8. The zero-order chi connectivity index (χ0) is 15.7. The molecule has 1 N–H and O–H groups in total. The van der Waals surface area contributed by atoms with Crippen molar-refractivity contribution in [1.29, 1.82) is 5.26 Å². The zero-order valence-corrected chi connectivity index (χ0v) is 11.9. The standard InChI is InChI=1S/C17H13N3O2/c1-2-20-15-8-3-11(10-18)9-14(15)16(19-20)17(22)12-4-6-13(21)7-5-12/h3-9,21H,2H2,1H3. The Morgan fingerprint density at radius 2 is 2.00 bits per heavy atom. The lowest BCUT2D eigenvalue weighted by Gasteiger charge is -1.99. The van der Waals surface area contributed by atoms with Crippen LogP contribution in [0.2, 0.25) is 0 Å². The minimum absolute atomic E-state index is 0.104. The molecule has 0 atom stereocenters. The van der Waals surface area contributed by atoms with Crippen molar-refractivity contribution in [3.63, 3.8) is 0 Å². The highest BCUT2D eigenvalue weighted by Gasteiger charge is 2.18. The Labute approximate surface area is 127 Å². The van der Waals surface area contributed by atoms with Crippen LogP contribution in [0.5, 0.6) is 5.75 Å². The molecule has 0 aliphatic rings. The van der Waals surface area contributed by atoms with Crippen LogP contribution >= 0.6 is 0 Å². The van der Waals surface area contributed by atoms with Gasteiger partial charge in [0.2, 0.25) is 5.78 Å². The van der Waals surface area contributed by atoms with E-state index >= 15 is 0 Å². The number of phenols is 1. The first-order valence-corrected chi connectivity index (χ1v) is 6.88. The van der Waals surface area contributed by atoms with Crippen molar-refractivity contribution >= 4 is 16.7 Å². The number of aromatic hydroxyl groups is 1. The van der Waals surface area contributed by atoms with Gasteiger partial charge in [-0.3, -0.25) is 9.48 Å². The predicted molar refractivity (Wildman–Crippen MR) is 81.7 cm³/mol. The molecule has 0 unspecified atom stereocenters. The molecular weight excluding hydrogens is 278 g/mol. The number of aromatic nitrogens is 2. The molecular formula is C17H13N3O2. The Hall–Kier alpha value is -3.13. The summed E-state index contributed by atoms with van der Waals surface area (Å²) in [4.78, 5) is 12.7. The van der Waals surface area contributed by atoms with E-state index in [1.165, 1.54) is 12.1 Å². The number of rotatable bonds is 3. The van der Waals surface area contributed by atoms with Crippen LogP contribution < -0.4 is 0 Å². The first-order chi connectivity index (χ1) is 10.6. The summed E-state index contributed by atoms with van der Waals surface area (Å²) in [6.07, 6.45) is 0. The fraction of sp³-hybridized carbons (Fsp3) is 0.118. The van der Waals surface area contributed by atoms with Gasteiger partial charge in [0, 0.05) is 17.5 Å². The van der Waals surface area contributed by atoms with Gasteiger partial charge in [0.25, 0.3) is 0 Å². The molecule has 2 aromatic carbocycles. The smallest absolute Gasteiger partial charge is 0.213 e. The van der Waals surface area contributed by atoms with Crippen molar-refractivity contribution in [3.05, 3.63) is 59.3 Å². The lowest BCUT2D eigenvalue weighted by molar-refractivity contribution is 0.103. The van der Waals surface area contributed by atoms with Crippen LogP contribution in [0.3, 0.4) is 0 Å². The van der Waals surface area contributed by atoms with E-state index in [2.05, 4.69) is 11.2 Å². The first-order valence-electron chi connectivity index (χ1n) is 6.88. The third kappa shape index (κ3) is 2.21. The third-order valence-corrected chi connectivity index (χ3v) is 3.52. The minimum Gasteiger partial charge on any atom is -0.508 e. The molecule has 0 radical (unpaired) electrons. The van der Waals surface area contributed by atoms with Crippen molar-refractivity contribution in [2.24, 2.45) is 0 Å². The molecule has 1 aromatic heterocycles. The molecule has 0 bridgehead atoms. The molecule has 0 aliphatic heterocycles. The molecule has 0 aliphatic carbocycles. The number of carbonyl (C=O) groups excluding carboxylic acids is 1. The lowest BCUT2D eigenvalue weighted by Crippen LogP contribution is -2.04. The average molecular weight is 291 g/mol. The molecule has 5 nitrogen and oxygen atoms in total. The summed E-state index contributed by atoms with van der Waals surface area (Å²) in [6.45, 7) is 2.57. The fourth-order valence-corrected chi connectivity index (χ4v) is 2.41. The van der Waals surface area contributed by atoms with Gasteiger partial charge in [-0.15, -0.1) is 0 Å². The number of carbonyl (C=O) groups is 1. The quantitative estimate of drug-likeness (QED) is 0.752. The Morgan fingerprint density at radius 3 is 2.64 bits per heavy atom. The predicted octanol–water partition coefficient (Wildman–Crippen LogP) is 2.86. The molecule has 0 fully saturated rings. The van der Waals surface area contributed by atoms with E-state index in [0.717, 1.165) is 5.52 Å². The molecule has 3 aromatic rings. The van der Waals surface area contributed by atoms with Crippen LogP contribution in [-0.2, 0) is 6.54 Å². The summed E-state index contributed by atoms with van der Waals surface area (Å²) in [6, 6.07) is 13.3. The Morgan fingerprint density at radius 1 is 1.27 bits per heavy atom. The molecule has 22 heavy (non-hydrogen) atoms. The summed E-state index contributed by atoms with van der Waals surface area (Å²) in [5.74, 6) is -0.125. The number of ketones is 1. The Balaban J connectivity index is 2.19. The minimum atomic E-state index is -0.229. The second-order valence-corrected chi connectivity index (χ2v) is 4.88. The number of aryl methyl sites for hydroxylation is 1. The van der Waals surface area contributed by atoms with Crippen LogP contribution in [0.15, 0.2) is 42.5 Å². The van der Waals surface area contributed by atoms with Gasteiger partial charge in [-0.05, 0) is 49.4 Å². The highest BCUT2D eigenvalue weighted by atomic mass is 16.3. The van der Waals surface area contributed by atoms with E-state index < -0.39 is 0 Å².